The minimum Gasteiger partial charge on any atom is -0.481 e. The maximum Gasteiger partial charge on any atom is 0.216 e. The number of hydrogen-bond donors (Lipinski definition) is 1. The molecule has 2 aromatic rings. The number of rotatable bonds is 6. The Morgan fingerprint density at radius 3 is 2.75 bits per heavy atom. The Balaban J connectivity index is 2.11. The van der Waals surface area contributed by atoms with Gasteiger partial charge in [-0.15, -0.1) is 0 Å². The van der Waals surface area contributed by atoms with Crippen molar-refractivity contribution in [3.63, 3.8) is 0 Å². The van der Waals surface area contributed by atoms with E-state index in [4.69, 9.17) is 10.5 Å². The first-order chi connectivity index (χ1) is 9.60. The monoisotopic (exact) mass is 276 g/mol. The van der Waals surface area contributed by atoms with Crippen molar-refractivity contribution in [2.24, 2.45) is 11.7 Å². The summed E-state index contributed by atoms with van der Waals surface area (Å²) >= 11 is 0. The molecule has 2 heterocycles. The summed E-state index contributed by atoms with van der Waals surface area (Å²) in [5, 5.41) is 4.23. The van der Waals surface area contributed by atoms with Gasteiger partial charge in [-0.05, 0) is 5.92 Å². The van der Waals surface area contributed by atoms with Gasteiger partial charge in [0.05, 0.1) is 18.8 Å². The van der Waals surface area contributed by atoms with E-state index in [2.05, 4.69) is 33.9 Å². The van der Waals surface area contributed by atoms with Crippen molar-refractivity contribution in [1.29, 1.82) is 0 Å². The molecule has 0 aliphatic heterocycles. The Kier molecular flexibility index (Phi) is 4.62. The molecule has 0 aliphatic carbocycles. The maximum atomic E-state index is 6.18. The van der Waals surface area contributed by atoms with Crippen LogP contribution in [0.2, 0.25) is 0 Å². The lowest BCUT2D eigenvalue weighted by atomic mass is 10.1. The molecule has 20 heavy (non-hydrogen) atoms. The van der Waals surface area contributed by atoms with Crippen LogP contribution in [-0.2, 0) is 13.0 Å². The van der Waals surface area contributed by atoms with Crippen LogP contribution >= 0.6 is 0 Å². The Morgan fingerprint density at radius 1 is 1.25 bits per heavy atom. The molecule has 0 saturated heterocycles. The quantitative estimate of drug-likeness (QED) is 0.845. The van der Waals surface area contributed by atoms with E-state index in [-0.39, 0.29) is 6.04 Å². The van der Waals surface area contributed by atoms with Gasteiger partial charge in [0.2, 0.25) is 5.88 Å². The molecule has 1 unspecified atom stereocenters. The largest absolute Gasteiger partial charge is 0.481 e. The van der Waals surface area contributed by atoms with Crippen LogP contribution in [0.4, 0.5) is 0 Å². The van der Waals surface area contributed by atoms with Gasteiger partial charge >= 0.3 is 0 Å². The predicted molar refractivity (Wildman–Crippen MR) is 74.1 cm³/mol. The second-order valence-electron chi connectivity index (χ2n) is 5.05. The Labute approximate surface area is 118 Å². The fourth-order valence-electron chi connectivity index (χ4n) is 1.91. The highest BCUT2D eigenvalue weighted by atomic mass is 16.5. The van der Waals surface area contributed by atoms with Gasteiger partial charge in [-0.25, -0.2) is 19.6 Å². The number of hydrogen-bond acceptors (Lipinski definition) is 6. The van der Waals surface area contributed by atoms with E-state index in [0.29, 0.717) is 18.2 Å². The molecular formula is C13H20N6O. The summed E-state index contributed by atoms with van der Waals surface area (Å²) < 4.78 is 6.97. The van der Waals surface area contributed by atoms with Gasteiger partial charge in [0.15, 0.2) is 0 Å². The third-order valence-corrected chi connectivity index (χ3v) is 2.89. The van der Waals surface area contributed by atoms with Crippen molar-refractivity contribution in [3.05, 3.63) is 30.2 Å². The molecule has 7 heteroatoms. The van der Waals surface area contributed by atoms with Crippen LogP contribution in [0.15, 0.2) is 18.7 Å². The highest BCUT2D eigenvalue weighted by molar-refractivity contribution is 5.17. The highest BCUT2D eigenvalue weighted by Crippen LogP contribution is 2.16. The third kappa shape index (κ3) is 3.51. The van der Waals surface area contributed by atoms with Gasteiger partial charge in [-0.3, -0.25) is 0 Å². The van der Waals surface area contributed by atoms with Crippen molar-refractivity contribution >= 4 is 0 Å². The van der Waals surface area contributed by atoms with Gasteiger partial charge in [-0.1, -0.05) is 13.8 Å². The van der Waals surface area contributed by atoms with Crippen molar-refractivity contribution in [2.45, 2.75) is 32.9 Å². The van der Waals surface area contributed by atoms with Gasteiger partial charge in [0.1, 0.15) is 18.5 Å². The summed E-state index contributed by atoms with van der Waals surface area (Å²) in [5.74, 6) is 1.88. The van der Waals surface area contributed by atoms with E-state index in [9.17, 15) is 0 Å². The maximum absolute atomic E-state index is 6.18. The molecule has 7 nitrogen and oxygen atoms in total. The standard InChI is InChI=1S/C13H20N6O/c1-9(2)6-19-12(16-8-18-19)4-10(14)11-5-13(20-3)17-7-15-11/h5,7-10H,4,6,14H2,1-3H3. The minimum absolute atomic E-state index is 0.262. The van der Waals surface area contributed by atoms with Crippen LogP contribution in [0.5, 0.6) is 5.88 Å². The summed E-state index contributed by atoms with van der Waals surface area (Å²) in [6, 6.07) is 1.48. The van der Waals surface area contributed by atoms with E-state index >= 15 is 0 Å². The molecule has 0 fully saturated rings. The van der Waals surface area contributed by atoms with Crippen molar-refractivity contribution in [1.82, 2.24) is 24.7 Å². The SMILES string of the molecule is COc1cc(C(N)Cc2ncnn2CC(C)C)ncn1. The molecule has 2 aromatic heterocycles. The minimum atomic E-state index is -0.262. The van der Waals surface area contributed by atoms with Gasteiger partial charge in [0, 0.05) is 19.0 Å². The van der Waals surface area contributed by atoms with E-state index in [1.54, 1.807) is 19.5 Å². The molecule has 0 amide bonds. The molecule has 0 aliphatic rings. The highest BCUT2D eigenvalue weighted by Gasteiger charge is 2.14. The lowest BCUT2D eigenvalue weighted by Gasteiger charge is -2.13. The van der Waals surface area contributed by atoms with E-state index < -0.39 is 0 Å². The normalized spacial score (nSPS) is 12.7. The van der Waals surface area contributed by atoms with Crippen LogP contribution in [0.25, 0.3) is 0 Å². The molecule has 0 bridgehead atoms. The summed E-state index contributed by atoms with van der Waals surface area (Å²) in [6.45, 7) is 5.11. The number of aromatic nitrogens is 5. The van der Waals surface area contributed by atoms with Crippen LogP contribution in [0, 0.1) is 5.92 Å². The van der Waals surface area contributed by atoms with Gasteiger partial charge < -0.3 is 10.5 Å². The second kappa shape index (κ2) is 6.42. The molecule has 1 atom stereocenters. The lowest BCUT2D eigenvalue weighted by Crippen LogP contribution is -2.19. The van der Waals surface area contributed by atoms with Crippen molar-refractivity contribution in [3.8, 4) is 5.88 Å². The van der Waals surface area contributed by atoms with Crippen molar-refractivity contribution < 1.29 is 4.74 Å². The summed E-state index contributed by atoms with van der Waals surface area (Å²) in [4.78, 5) is 12.4. The fourth-order valence-corrected chi connectivity index (χ4v) is 1.91. The van der Waals surface area contributed by atoms with E-state index in [1.165, 1.54) is 6.33 Å². The Morgan fingerprint density at radius 2 is 2.05 bits per heavy atom. The molecule has 2 N–H and O–H groups in total. The molecule has 0 spiro atoms. The van der Waals surface area contributed by atoms with Crippen LogP contribution in [0.1, 0.15) is 31.4 Å². The van der Waals surface area contributed by atoms with E-state index in [0.717, 1.165) is 18.1 Å². The lowest BCUT2D eigenvalue weighted by molar-refractivity contribution is 0.394. The zero-order valence-corrected chi connectivity index (χ0v) is 12.0. The smallest absolute Gasteiger partial charge is 0.216 e. The summed E-state index contributed by atoms with van der Waals surface area (Å²) in [5.41, 5.74) is 6.91. The topological polar surface area (TPSA) is 91.7 Å². The third-order valence-electron chi connectivity index (χ3n) is 2.89. The Hall–Kier alpha value is -2.02. The molecular weight excluding hydrogens is 256 g/mol. The first-order valence-corrected chi connectivity index (χ1v) is 6.58. The zero-order chi connectivity index (χ0) is 14.5. The summed E-state index contributed by atoms with van der Waals surface area (Å²) in [6.07, 6.45) is 3.59. The number of nitrogens with zero attached hydrogens (tertiary/aromatic N) is 5. The molecule has 0 aromatic carbocycles. The van der Waals surface area contributed by atoms with Crippen LogP contribution in [0.3, 0.4) is 0 Å². The average molecular weight is 276 g/mol. The van der Waals surface area contributed by atoms with Gasteiger partial charge in [0.25, 0.3) is 0 Å². The zero-order valence-electron chi connectivity index (χ0n) is 12.0. The van der Waals surface area contributed by atoms with Crippen molar-refractivity contribution in [2.75, 3.05) is 7.11 Å². The second-order valence-corrected chi connectivity index (χ2v) is 5.05. The van der Waals surface area contributed by atoms with Crippen LogP contribution in [-0.4, -0.2) is 31.8 Å². The van der Waals surface area contributed by atoms with E-state index in [1.807, 2.05) is 4.68 Å². The van der Waals surface area contributed by atoms with Crippen LogP contribution < -0.4 is 10.5 Å². The average Bonchev–Trinajstić information content (AvgIpc) is 2.85. The Bertz CT molecular complexity index is 553. The predicted octanol–water partition coefficient (Wildman–Crippen LogP) is 0.975. The van der Waals surface area contributed by atoms with Gasteiger partial charge in [-0.2, -0.15) is 5.10 Å². The fraction of sp³-hybridized carbons (Fsp3) is 0.538. The first kappa shape index (κ1) is 14.4. The first-order valence-electron chi connectivity index (χ1n) is 6.58. The number of methoxy groups -OCH3 is 1. The molecule has 0 saturated carbocycles. The molecule has 2 rings (SSSR count). The summed E-state index contributed by atoms with van der Waals surface area (Å²) in [7, 11) is 1.57. The number of ether oxygens (including phenoxy) is 1. The number of nitrogens with two attached hydrogens (primary N) is 1. The molecule has 108 valence electrons. The molecule has 0 radical (unpaired) electrons.